The summed E-state index contributed by atoms with van der Waals surface area (Å²) in [5, 5.41) is 6.18. The molecule has 1 N–H and O–H groups in total. The molecule has 0 saturated heterocycles. The summed E-state index contributed by atoms with van der Waals surface area (Å²) in [7, 11) is 0. The van der Waals surface area contributed by atoms with Gasteiger partial charge in [-0.25, -0.2) is 9.50 Å². The number of nitrogens with one attached hydrogen (secondary N) is 1. The molecule has 1 fully saturated rings. The molecule has 0 aromatic carbocycles. The van der Waals surface area contributed by atoms with E-state index in [0.717, 1.165) is 0 Å². The van der Waals surface area contributed by atoms with Gasteiger partial charge in [-0.1, -0.05) is 0 Å². The fourth-order valence-electron chi connectivity index (χ4n) is 2.94. The van der Waals surface area contributed by atoms with E-state index in [-0.39, 0.29) is 11.2 Å². The average molecular weight is 364 g/mol. The van der Waals surface area contributed by atoms with Crippen molar-refractivity contribution in [3.63, 3.8) is 0 Å². The van der Waals surface area contributed by atoms with Crippen LogP contribution in [0.3, 0.4) is 0 Å². The number of furan rings is 1. The van der Waals surface area contributed by atoms with E-state index >= 15 is 0 Å². The van der Waals surface area contributed by atoms with Gasteiger partial charge in [0.1, 0.15) is 17.3 Å². The number of nitrogens with zero attached hydrogens (tertiary/aromatic N) is 3. The third-order valence-corrected chi connectivity index (χ3v) is 4.40. The zero-order valence-corrected chi connectivity index (χ0v) is 13.7. The number of fused-ring (bicyclic) bond motifs is 1. The number of carbonyl (C=O) groups is 1. The quantitative estimate of drug-likeness (QED) is 0.770. The van der Waals surface area contributed by atoms with Crippen LogP contribution in [0.2, 0.25) is 0 Å². The predicted octanol–water partition coefficient (Wildman–Crippen LogP) is 3.37. The average Bonchev–Trinajstić information content (AvgIpc) is 3.09. The molecule has 3 heterocycles. The van der Waals surface area contributed by atoms with Gasteiger partial charge in [-0.2, -0.15) is 18.3 Å². The van der Waals surface area contributed by atoms with Crippen molar-refractivity contribution in [1.29, 1.82) is 0 Å². The summed E-state index contributed by atoms with van der Waals surface area (Å²) in [4.78, 5) is 16.8. The van der Waals surface area contributed by atoms with E-state index in [2.05, 4.69) is 15.4 Å². The lowest BCUT2D eigenvalue weighted by Gasteiger charge is -2.20. The first-order valence-corrected chi connectivity index (χ1v) is 8.11. The van der Waals surface area contributed by atoms with E-state index in [4.69, 9.17) is 4.42 Å². The zero-order chi connectivity index (χ0) is 18.5. The largest absolute Gasteiger partial charge is 0.463 e. The summed E-state index contributed by atoms with van der Waals surface area (Å²) in [6.45, 7) is 1.76. The topological polar surface area (TPSA) is 72.4 Å². The summed E-state index contributed by atoms with van der Waals surface area (Å²) in [6.07, 6.45) is -0.845. The fourth-order valence-corrected chi connectivity index (χ4v) is 2.94. The number of halogens is 3. The molecular weight excluding hydrogens is 349 g/mol. The number of hydrogen-bond donors (Lipinski definition) is 1. The minimum atomic E-state index is -4.48. The lowest BCUT2D eigenvalue weighted by atomic mass is 10.1. The summed E-state index contributed by atoms with van der Waals surface area (Å²) in [5.41, 5.74) is 1.33. The van der Waals surface area contributed by atoms with E-state index in [1.54, 1.807) is 25.1 Å². The highest BCUT2D eigenvalue weighted by molar-refractivity contribution is 6.00. The second-order valence-corrected chi connectivity index (χ2v) is 6.38. The second kappa shape index (κ2) is 5.86. The van der Waals surface area contributed by atoms with Crippen molar-refractivity contribution in [1.82, 2.24) is 19.9 Å². The number of amides is 1. The van der Waals surface area contributed by atoms with E-state index in [0.29, 0.717) is 30.0 Å². The van der Waals surface area contributed by atoms with Crippen molar-refractivity contribution in [3.8, 4) is 11.5 Å². The Hall–Kier alpha value is -2.84. The molecule has 26 heavy (non-hydrogen) atoms. The number of aryl methyl sites for hydroxylation is 1. The number of hydrogen-bond acceptors (Lipinski definition) is 4. The van der Waals surface area contributed by atoms with Crippen molar-refractivity contribution in [2.45, 2.75) is 32.0 Å². The number of rotatable bonds is 4. The number of alkyl halides is 3. The smallest absolute Gasteiger partial charge is 0.408 e. The Bertz CT molecular complexity index is 958. The van der Waals surface area contributed by atoms with Gasteiger partial charge in [0.25, 0.3) is 5.91 Å². The highest BCUT2D eigenvalue weighted by Gasteiger charge is 2.49. The molecule has 1 unspecified atom stereocenters. The molecular formula is C17H15F3N4O2. The molecule has 3 aromatic heterocycles. The first kappa shape index (κ1) is 16.6. The first-order chi connectivity index (χ1) is 12.3. The van der Waals surface area contributed by atoms with Crippen LogP contribution in [0.1, 0.15) is 28.9 Å². The molecule has 1 aliphatic rings. The highest BCUT2D eigenvalue weighted by atomic mass is 19.4. The van der Waals surface area contributed by atoms with Crippen molar-refractivity contribution >= 4 is 11.6 Å². The zero-order valence-electron chi connectivity index (χ0n) is 13.7. The van der Waals surface area contributed by atoms with E-state index in [1.807, 2.05) is 0 Å². The summed E-state index contributed by atoms with van der Waals surface area (Å²) in [6, 6.07) is 3.29. The monoisotopic (exact) mass is 364 g/mol. The molecule has 4 rings (SSSR count). The van der Waals surface area contributed by atoms with Crippen LogP contribution < -0.4 is 5.32 Å². The molecule has 3 aromatic rings. The van der Waals surface area contributed by atoms with Gasteiger partial charge >= 0.3 is 6.18 Å². The summed E-state index contributed by atoms with van der Waals surface area (Å²) in [5.74, 6) is -0.902. The van der Waals surface area contributed by atoms with Gasteiger partial charge in [-0.15, -0.1) is 0 Å². The second-order valence-electron chi connectivity index (χ2n) is 6.38. The molecule has 0 aliphatic heterocycles. The minimum Gasteiger partial charge on any atom is -0.463 e. The highest BCUT2D eigenvalue weighted by Crippen LogP contribution is 2.40. The Kier molecular flexibility index (Phi) is 3.74. The minimum absolute atomic E-state index is 0.00333. The van der Waals surface area contributed by atoms with Crippen LogP contribution in [-0.4, -0.2) is 32.7 Å². The lowest BCUT2D eigenvalue weighted by Crippen LogP contribution is -2.46. The Labute approximate surface area is 146 Å². The van der Waals surface area contributed by atoms with Crippen LogP contribution in [0.4, 0.5) is 13.2 Å². The van der Waals surface area contributed by atoms with Crippen molar-refractivity contribution in [2.75, 3.05) is 0 Å². The van der Waals surface area contributed by atoms with E-state index < -0.39 is 24.0 Å². The van der Waals surface area contributed by atoms with Crippen molar-refractivity contribution in [2.24, 2.45) is 5.92 Å². The van der Waals surface area contributed by atoms with Crippen LogP contribution in [0.25, 0.3) is 17.1 Å². The van der Waals surface area contributed by atoms with Gasteiger partial charge in [0.2, 0.25) is 0 Å². The molecule has 1 aliphatic carbocycles. The molecule has 0 radical (unpaired) electrons. The molecule has 136 valence electrons. The van der Waals surface area contributed by atoms with E-state index in [9.17, 15) is 18.0 Å². The first-order valence-electron chi connectivity index (χ1n) is 8.11. The summed E-state index contributed by atoms with van der Waals surface area (Å²) >= 11 is 0. The normalized spacial score (nSPS) is 16.0. The maximum absolute atomic E-state index is 13.2. The van der Waals surface area contributed by atoms with Crippen LogP contribution >= 0.6 is 0 Å². The van der Waals surface area contributed by atoms with Gasteiger partial charge in [-0.3, -0.25) is 4.79 Å². The Morgan fingerprint density at radius 1 is 1.42 bits per heavy atom. The number of carbonyl (C=O) groups excluding carboxylic acids is 1. The van der Waals surface area contributed by atoms with Gasteiger partial charge in [0.15, 0.2) is 11.4 Å². The molecule has 1 saturated carbocycles. The third kappa shape index (κ3) is 2.93. The van der Waals surface area contributed by atoms with Gasteiger partial charge in [-0.05, 0) is 43.9 Å². The number of aromatic nitrogens is 3. The fraction of sp³-hybridized carbons (Fsp3) is 0.353. The van der Waals surface area contributed by atoms with Crippen molar-refractivity contribution < 1.29 is 22.4 Å². The van der Waals surface area contributed by atoms with Gasteiger partial charge < -0.3 is 9.73 Å². The third-order valence-electron chi connectivity index (χ3n) is 4.40. The molecule has 0 bridgehead atoms. The molecule has 1 atom stereocenters. The Morgan fingerprint density at radius 3 is 2.81 bits per heavy atom. The SMILES string of the molecule is Cc1cc(-c2ccco2)nc2c(C(=O)NC(C3CC3)C(F)(F)F)cnn12. The lowest BCUT2D eigenvalue weighted by molar-refractivity contribution is -0.158. The molecule has 1 amide bonds. The Morgan fingerprint density at radius 2 is 2.19 bits per heavy atom. The predicted molar refractivity (Wildman–Crippen MR) is 85.5 cm³/mol. The van der Waals surface area contributed by atoms with Crippen LogP contribution in [0.5, 0.6) is 0 Å². The van der Waals surface area contributed by atoms with Gasteiger partial charge in [0, 0.05) is 5.69 Å². The van der Waals surface area contributed by atoms with Gasteiger partial charge in [0.05, 0.1) is 12.5 Å². The molecule has 0 spiro atoms. The van der Waals surface area contributed by atoms with Crippen LogP contribution in [-0.2, 0) is 0 Å². The van der Waals surface area contributed by atoms with Crippen LogP contribution in [0.15, 0.2) is 35.1 Å². The maximum Gasteiger partial charge on any atom is 0.408 e. The standard InChI is InChI=1S/C17H15F3N4O2/c1-9-7-12(13-3-2-6-26-13)22-15-11(8-21-24(9)15)16(25)23-14(10-4-5-10)17(18,19)20/h2-3,6-8,10,14H,4-5H2,1H3,(H,23,25). The summed E-state index contributed by atoms with van der Waals surface area (Å²) < 4.78 is 46.3. The maximum atomic E-state index is 13.2. The molecule has 9 heteroatoms. The Balaban J connectivity index is 1.71. The van der Waals surface area contributed by atoms with E-state index in [1.165, 1.54) is 17.0 Å². The van der Waals surface area contributed by atoms with Crippen molar-refractivity contribution in [3.05, 3.63) is 41.9 Å². The van der Waals surface area contributed by atoms with Crippen LogP contribution in [0, 0.1) is 12.8 Å². The molecule has 6 nitrogen and oxygen atoms in total.